The number of fused-ring (bicyclic) bond motifs is 1. The maximum atomic E-state index is 12.7. The van der Waals surface area contributed by atoms with E-state index in [1.54, 1.807) is 37.8 Å². The first-order valence-corrected chi connectivity index (χ1v) is 9.31. The molecule has 0 radical (unpaired) electrons. The van der Waals surface area contributed by atoms with Crippen molar-refractivity contribution in [3.63, 3.8) is 0 Å². The minimum absolute atomic E-state index is 0.0638. The number of amidine groups is 1. The van der Waals surface area contributed by atoms with E-state index >= 15 is 0 Å². The third-order valence-corrected chi connectivity index (χ3v) is 5.31. The number of rotatable bonds is 3. The molecule has 0 spiro atoms. The van der Waals surface area contributed by atoms with E-state index in [1.807, 2.05) is 19.1 Å². The van der Waals surface area contributed by atoms with Crippen molar-refractivity contribution in [1.82, 2.24) is 4.90 Å². The number of amides is 1. The zero-order valence-electron chi connectivity index (χ0n) is 14.4. The van der Waals surface area contributed by atoms with Crippen LogP contribution in [0.1, 0.15) is 39.3 Å². The van der Waals surface area contributed by atoms with Gasteiger partial charge < -0.3 is 4.74 Å². The van der Waals surface area contributed by atoms with E-state index in [0.717, 1.165) is 5.56 Å². The van der Waals surface area contributed by atoms with Crippen LogP contribution in [0.4, 0.5) is 0 Å². The Hall–Kier alpha value is -1.79. The Morgan fingerprint density at radius 3 is 2.56 bits per heavy atom. The molecule has 2 atom stereocenters. The van der Waals surface area contributed by atoms with Crippen molar-refractivity contribution in [2.24, 2.45) is 4.99 Å². The fourth-order valence-corrected chi connectivity index (χ4v) is 4.06. The van der Waals surface area contributed by atoms with Gasteiger partial charge in [0.1, 0.15) is 0 Å². The molecule has 3 rings (SSSR count). The Morgan fingerprint density at radius 2 is 1.96 bits per heavy atom. The normalized spacial score (nSPS) is 23.0. The first-order valence-electron chi connectivity index (χ1n) is 8.05. The molecule has 1 saturated heterocycles. The standard InChI is InChI=1S/C18H19ClN2O3S/c1-9(2)24-17(23)14-10(3)20-18-21(16(22)11(4)25-18)15(14)12-5-7-13(19)8-6-12/h5-9,11,15H,1-4H3/t11-,15-/m0/s1. The fourth-order valence-electron chi connectivity index (χ4n) is 2.90. The zero-order chi connectivity index (χ0) is 18.3. The first kappa shape index (κ1) is 18.0. The van der Waals surface area contributed by atoms with Crippen LogP contribution in [0.3, 0.4) is 0 Å². The summed E-state index contributed by atoms with van der Waals surface area (Å²) in [4.78, 5) is 31.5. The summed E-state index contributed by atoms with van der Waals surface area (Å²) in [7, 11) is 0. The number of esters is 1. The van der Waals surface area contributed by atoms with Crippen LogP contribution in [0.15, 0.2) is 40.5 Å². The lowest BCUT2D eigenvalue weighted by molar-refractivity contribution is -0.143. The number of nitrogens with zero attached hydrogens (tertiary/aromatic N) is 2. The molecular formula is C18H19ClN2O3S. The molecule has 0 aromatic heterocycles. The van der Waals surface area contributed by atoms with Crippen LogP contribution in [0, 0.1) is 0 Å². The van der Waals surface area contributed by atoms with Crippen LogP contribution in [0.25, 0.3) is 0 Å². The van der Waals surface area contributed by atoms with E-state index in [2.05, 4.69) is 4.99 Å². The molecule has 0 N–H and O–H groups in total. The maximum Gasteiger partial charge on any atom is 0.338 e. The third-order valence-electron chi connectivity index (χ3n) is 4.01. The minimum Gasteiger partial charge on any atom is -0.459 e. The summed E-state index contributed by atoms with van der Waals surface area (Å²) in [6.07, 6.45) is -0.258. The number of carbonyl (C=O) groups excluding carboxylic acids is 2. The molecule has 132 valence electrons. The molecule has 2 heterocycles. The zero-order valence-corrected chi connectivity index (χ0v) is 16.0. The molecule has 7 heteroatoms. The van der Waals surface area contributed by atoms with E-state index in [-0.39, 0.29) is 17.3 Å². The molecular weight excluding hydrogens is 360 g/mol. The van der Waals surface area contributed by atoms with Crippen molar-refractivity contribution in [3.8, 4) is 0 Å². The van der Waals surface area contributed by atoms with Gasteiger partial charge in [0.15, 0.2) is 5.17 Å². The second kappa shape index (κ2) is 6.84. The van der Waals surface area contributed by atoms with Gasteiger partial charge in [0, 0.05) is 5.02 Å². The number of hydrogen-bond acceptors (Lipinski definition) is 5. The van der Waals surface area contributed by atoms with E-state index in [4.69, 9.17) is 16.3 Å². The predicted octanol–water partition coefficient (Wildman–Crippen LogP) is 3.94. The van der Waals surface area contributed by atoms with Crippen molar-refractivity contribution >= 4 is 40.4 Å². The summed E-state index contributed by atoms with van der Waals surface area (Å²) >= 11 is 7.40. The average molecular weight is 379 g/mol. The quantitative estimate of drug-likeness (QED) is 0.747. The highest BCUT2D eigenvalue weighted by molar-refractivity contribution is 8.15. The summed E-state index contributed by atoms with van der Waals surface area (Å²) in [6.45, 7) is 7.20. The molecule has 0 bridgehead atoms. The average Bonchev–Trinajstić information content (AvgIpc) is 2.80. The Kier molecular flexibility index (Phi) is 4.93. The number of aliphatic imine (C=N–C) groups is 1. The number of benzene rings is 1. The molecule has 1 aromatic rings. The summed E-state index contributed by atoms with van der Waals surface area (Å²) in [5, 5.41) is 0.980. The van der Waals surface area contributed by atoms with Gasteiger partial charge in [-0.15, -0.1) is 0 Å². The number of thioether (sulfide) groups is 1. The van der Waals surface area contributed by atoms with Gasteiger partial charge in [0.2, 0.25) is 5.91 Å². The minimum atomic E-state index is -0.555. The van der Waals surface area contributed by atoms with E-state index < -0.39 is 12.0 Å². The molecule has 1 aromatic carbocycles. The van der Waals surface area contributed by atoms with Gasteiger partial charge in [-0.3, -0.25) is 9.69 Å². The third kappa shape index (κ3) is 3.33. The molecule has 5 nitrogen and oxygen atoms in total. The van der Waals surface area contributed by atoms with E-state index in [0.29, 0.717) is 21.5 Å². The summed E-state index contributed by atoms with van der Waals surface area (Å²) in [6, 6.07) is 6.60. The van der Waals surface area contributed by atoms with Gasteiger partial charge in [0.05, 0.1) is 28.7 Å². The van der Waals surface area contributed by atoms with Crippen LogP contribution >= 0.6 is 23.4 Å². The highest BCUT2D eigenvalue weighted by Crippen LogP contribution is 2.43. The lowest BCUT2D eigenvalue weighted by Crippen LogP contribution is -2.40. The van der Waals surface area contributed by atoms with Gasteiger partial charge in [-0.1, -0.05) is 35.5 Å². The molecule has 1 amide bonds. The molecule has 25 heavy (non-hydrogen) atoms. The number of allylic oxidation sites excluding steroid dienone is 1. The smallest absolute Gasteiger partial charge is 0.338 e. The molecule has 1 fully saturated rings. The maximum absolute atomic E-state index is 12.7. The predicted molar refractivity (Wildman–Crippen MR) is 99.5 cm³/mol. The van der Waals surface area contributed by atoms with Gasteiger partial charge in [-0.05, 0) is 45.4 Å². The fraction of sp³-hybridized carbons (Fsp3) is 0.389. The van der Waals surface area contributed by atoms with Crippen molar-refractivity contribution in [2.45, 2.75) is 45.1 Å². The lowest BCUT2D eigenvalue weighted by Gasteiger charge is -2.33. The van der Waals surface area contributed by atoms with Gasteiger partial charge >= 0.3 is 5.97 Å². The van der Waals surface area contributed by atoms with Crippen LogP contribution in [-0.2, 0) is 14.3 Å². The van der Waals surface area contributed by atoms with Crippen molar-refractivity contribution in [1.29, 1.82) is 0 Å². The molecule has 2 aliphatic heterocycles. The van der Waals surface area contributed by atoms with Crippen LogP contribution in [0.5, 0.6) is 0 Å². The number of ether oxygens (including phenoxy) is 1. The van der Waals surface area contributed by atoms with E-state index in [9.17, 15) is 9.59 Å². The van der Waals surface area contributed by atoms with Gasteiger partial charge in [0.25, 0.3) is 0 Å². The van der Waals surface area contributed by atoms with Crippen LogP contribution in [0.2, 0.25) is 5.02 Å². The Balaban J connectivity index is 2.12. The highest BCUT2D eigenvalue weighted by Gasteiger charge is 2.46. The molecule has 0 aliphatic carbocycles. The monoisotopic (exact) mass is 378 g/mol. The number of carbonyl (C=O) groups is 2. The Bertz CT molecular complexity index is 786. The van der Waals surface area contributed by atoms with Crippen LogP contribution in [-0.4, -0.2) is 33.3 Å². The summed E-state index contributed by atoms with van der Waals surface area (Å²) < 4.78 is 5.41. The largest absolute Gasteiger partial charge is 0.459 e. The van der Waals surface area contributed by atoms with Crippen molar-refractivity contribution in [3.05, 3.63) is 46.1 Å². The van der Waals surface area contributed by atoms with Crippen LogP contribution < -0.4 is 0 Å². The number of hydrogen-bond donors (Lipinski definition) is 0. The first-order chi connectivity index (χ1) is 11.8. The van der Waals surface area contributed by atoms with Gasteiger partial charge in [-0.25, -0.2) is 9.79 Å². The number of halogens is 1. The van der Waals surface area contributed by atoms with Crippen molar-refractivity contribution < 1.29 is 14.3 Å². The Morgan fingerprint density at radius 1 is 1.32 bits per heavy atom. The second-order valence-electron chi connectivity index (χ2n) is 6.27. The molecule has 0 unspecified atom stereocenters. The summed E-state index contributed by atoms with van der Waals surface area (Å²) in [5.41, 5.74) is 1.77. The Labute approximate surface area is 156 Å². The van der Waals surface area contributed by atoms with Crippen molar-refractivity contribution in [2.75, 3.05) is 0 Å². The SMILES string of the molecule is CC1=C(C(=O)OC(C)C)[C@H](c2ccc(Cl)cc2)N2C(=O)[C@H](C)SC2=N1. The topological polar surface area (TPSA) is 59.0 Å². The molecule has 0 saturated carbocycles. The second-order valence-corrected chi connectivity index (χ2v) is 8.01. The molecule has 2 aliphatic rings. The summed E-state index contributed by atoms with van der Waals surface area (Å²) in [5.74, 6) is -0.515. The van der Waals surface area contributed by atoms with E-state index in [1.165, 1.54) is 11.8 Å². The van der Waals surface area contributed by atoms with Gasteiger partial charge in [-0.2, -0.15) is 0 Å². The lowest BCUT2D eigenvalue weighted by atomic mass is 9.94. The highest BCUT2D eigenvalue weighted by atomic mass is 35.5.